The van der Waals surface area contributed by atoms with Crippen molar-refractivity contribution in [3.8, 4) is 0 Å². The minimum atomic E-state index is -2.46. The Morgan fingerprint density at radius 2 is 1.82 bits per heavy atom. The maximum atomic E-state index is 12.5. The summed E-state index contributed by atoms with van der Waals surface area (Å²) >= 11 is 0. The van der Waals surface area contributed by atoms with E-state index in [4.69, 9.17) is 5.73 Å². The molecule has 94 valence electrons. The number of rotatable bonds is 4. The quantitative estimate of drug-likeness (QED) is 0.875. The van der Waals surface area contributed by atoms with Crippen LogP contribution in [0.5, 0.6) is 0 Å². The first kappa shape index (κ1) is 12.3. The Hall–Kier alpha value is -1.16. The van der Waals surface area contributed by atoms with E-state index in [9.17, 15) is 8.78 Å². The van der Waals surface area contributed by atoms with Crippen LogP contribution in [0, 0.1) is 0 Å². The van der Waals surface area contributed by atoms with Gasteiger partial charge in [-0.05, 0) is 30.9 Å². The SMILES string of the molecule is NC(Cc1ccccc1N1CCCC1)C(F)F. The molecule has 1 fully saturated rings. The summed E-state index contributed by atoms with van der Waals surface area (Å²) in [6.07, 6.45) is 0.135. The molecular formula is C13H18F2N2. The lowest BCUT2D eigenvalue weighted by Gasteiger charge is -2.22. The predicted molar refractivity (Wildman–Crippen MR) is 65.6 cm³/mol. The highest BCUT2D eigenvalue weighted by Gasteiger charge is 2.20. The second kappa shape index (κ2) is 5.45. The van der Waals surface area contributed by atoms with Gasteiger partial charge in [0.2, 0.25) is 0 Å². The molecule has 2 nitrogen and oxygen atoms in total. The van der Waals surface area contributed by atoms with Gasteiger partial charge >= 0.3 is 0 Å². The molecule has 1 unspecified atom stereocenters. The van der Waals surface area contributed by atoms with Crippen LogP contribution in [0.3, 0.4) is 0 Å². The summed E-state index contributed by atoms with van der Waals surface area (Å²) in [7, 11) is 0. The largest absolute Gasteiger partial charge is 0.371 e. The first-order chi connectivity index (χ1) is 8.18. The number of halogens is 2. The summed E-state index contributed by atoms with van der Waals surface area (Å²) < 4.78 is 25.0. The van der Waals surface area contributed by atoms with Gasteiger partial charge in [-0.3, -0.25) is 0 Å². The molecule has 0 radical (unpaired) electrons. The van der Waals surface area contributed by atoms with Crippen LogP contribution in [0.4, 0.5) is 14.5 Å². The maximum absolute atomic E-state index is 12.5. The molecule has 1 aliphatic rings. The van der Waals surface area contributed by atoms with Gasteiger partial charge in [-0.1, -0.05) is 18.2 Å². The standard InChI is InChI=1S/C13H18F2N2/c14-13(15)11(16)9-10-5-1-2-6-12(10)17-7-3-4-8-17/h1-2,5-6,11,13H,3-4,7-9,16H2. The third-order valence-corrected chi connectivity index (χ3v) is 3.22. The molecule has 0 spiro atoms. The summed E-state index contributed by atoms with van der Waals surface area (Å²) in [5, 5.41) is 0. The topological polar surface area (TPSA) is 29.3 Å². The first-order valence-electron chi connectivity index (χ1n) is 6.05. The molecule has 1 heterocycles. The molecule has 1 aliphatic heterocycles. The number of hydrogen-bond acceptors (Lipinski definition) is 2. The average molecular weight is 240 g/mol. The monoisotopic (exact) mass is 240 g/mol. The van der Waals surface area contributed by atoms with Gasteiger partial charge in [-0.2, -0.15) is 0 Å². The number of alkyl halides is 2. The van der Waals surface area contributed by atoms with Crippen LogP contribution in [0.15, 0.2) is 24.3 Å². The number of para-hydroxylation sites is 1. The van der Waals surface area contributed by atoms with E-state index in [1.165, 1.54) is 12.8 Å². The van der Waals surface area contributed by atoms with Crippen molar-refractivity contribution < 1.29 is 8.78 Å². The van der Waals surface area contributed by atoms with E-state index >= 15 is 0 Å². The van der Waals surface area contributed by atoms with Crippen molar-refractivity contribution in [2.24, 2.45) is 5.73 Å². The van der Waals surface area contributed by atoms with Gasteiger partial charge < -0.3 is 10.6 Å². The van der Waals surface area contributed by atoms with Crippen molar-refractivity contribution in [2.75, 3.05) is 18.0 Å². The van der Waals surface area contributed by atoms with Crippen LogP contribution in [0.25, 0.3) is 0 Å². The zero-order chi connectivity index (χ0) is 12.3. The van der Waals surface area contributed by atoms with Gasteiger partial charge in [0.05, 0.1) is 6.04 Å². The van der Waals surface area contributed by atoms with Gasteiger partial charge in [0.1, 0.15) is 0 Å². The summed E-state index contributed by atoms with van der Waals surface area (Å²) in [5.74, 6) is 0. The minimum absolute atomic E-state index is 0.240. The molecule has 1 aromatic carbocycles. The zero-order valence-corrected chi connectivity index (χ0v) is 9.78. The second-order valence-electron chi connectivity index (χ2n) is 4.53. The number of benzene rings is 1. The summed E-state index contributed by atoms with van der Waals surface area (Å²) in [4.78, 5) is 2.26. The summed E-state index contributed by atoms with van der Waals surface area (Å²) in [5.41, 5.74) is 7.45. The van der Waals surface area contributed by atoms with Crippen LogP contribution < -0.4 is 10.6 Å². The fraction of sp³-hybridized carbons (Fsp3) is 0.538. The van der Waals surface area contributed by atoms with E-state index in [2.05, 4.69) is 4.90 Å². The molecule has 0 amide bonds. The highest BCUT2D eigenvalue weighted by Crippen LogP contribution is 2.25. The lowest BCUT2D eigenvalue weighted by Crippen LogP contribution is -2.32. The van der Waals surface area contributed by atoms with Crippen LogP contribution in [-0.4, -0.2) is 25.6 Å². The maximum Gasteiger partial charge on any atom is 0.253 e. The van der Waals surface area contributed by atoms with Gasteiger partial charge in [-0.15, -0.1) is 0 Å². The molecule has 1 saturated heterocycles. The van der Waals surface area contributed by atoms with E-state index < -0.39 is 12.5 Å². The Kier molecular flexibility index (Phi) is 3.94. The molecule has 0 aromatic heterocycles. The molecule has 2 rings (SSSR count). The van der Waals surface area contributed by atoms with Crippen molar-refractivity contribution in [3.05, 3.63) is 29.8 Å². The van der Waals surface area contributed by atoms with Crippen LogP contribution in [0.2, 0.25) is 0 Å². The Labute approximate surface area is 100 Å². The smallest absolute Gasteiger partial charge is 0.253 e. The van der Waals surface area contributed by atoms with Crippen LogP contribution in [0.1, 0.15) is 18.4 Å². The Balaban J connectivity index is 2.15. The van der Waals surface area contributed by atoms with Gasteiger partial charge in [0.25, 0.3) is 6.43 Å². The van der Waals surface area contributed by atoms with Crippen LogP contribution >= 0.6 is 0 Å². The normalized spacial score (nSPS) is 17.8. The molecule has 4 heteroatoms. The molecular weight excluding hydrogens is 222 g/mol. The number of anilines is 1. The van der Waals surface area contributed by atoms with E-state index in [0.717, 1.165) is 24.3 Å². The van der Waals surface area contributed by atoms with Crippen molar-refractivity contribution in [3.63, 3.8) is 0 Å². The third kappa shape index (κ3) is 2.94. The first-order valence-corrected chi connectivity index (χ1v) is 6.05. The predicted octanol–water partition coefficient (Wildman–Crippen LogP) is 2.42. The Bertz CT molecular complexity index is 362. The highest BCUT2D eigenvalue weighted by atomic mass is 19.3. The van der Waals surface area contributed by atoms with E-state index in [-0.39, 0.29) is 6.42 Å². The molecule has 1 atom stereocenters. The van der Waals surface area contributed by atoms with Crippen molar-refractivity contribution in [1.82, 2.24) is 0 Å². The Morgan fingerprint density at radius 3 is 2.47 bits per heavy atom. The molecule has 2 N–H and O–H groups in total. The minimum Gasteiger partial charge on any atom is -0.371 e. The van der Waals surface area contributed by atoms with E-state index in [1.54, 1.807) is 0 Å². The van der Waals surface area contributed by atoms with Crippen molar-refractivity contribution in [1.29, 1.82) is 0 Å². The van der Waals surface area contributed by atoms with Crippen molar-refractivity contribution in [2.45, 2.75) is 31.7 Å². The zero-order valence-electron chi connectivity index (χ0n) is 9.78. The third-order valence-electron chi connectivity index (χ3n) is 3.22. The lowest BCUT2D eigenvalue weighted by atomic mass is 10.0. The Morgan fingerprint density at radius 1 is 1.18 bits per heavy atom. The second-order valence-corrected chi connectivity index (χ2v) is 4.53. The molecule has 0 aliphatic carbocycles. The van der Waals surface area contributed by atoms with E-state index in [0.29, 0.717) is 0 Å². The van der Waals surface area contributed by atoms with E-state index in [1.807, 2.05) is 24.3 Å². The van der Waals surface area contributed by atoms with Gasteiger partial charge in [0, 0.05) is 18.8 Å². The van der Waals surface area contributed by atoms with Gasteiger partial charge in [0.15, 0.2) is 0 Å². The fourth-order valence-electron chi connectivity index (χ4n) is 2.29. The molecule has 0 bridgehead atoms. The number of nitrogens with zero attached hydrogens (tertiary/aromatic N) is 1. The highest BCUT2D eigenvalue weighted by molar-refractivity contribution is 5.54. The summed E-state index contributed by atoms with van der Waals surface area (Å²) in [6.45, 7) is 2.03. The molecule has 1 aromatic rings. The van der Waals surface area contributed by atoms with Crippen molar-refractivity contribution >= 4 is 5.69 Å². The average Bonchev–Trinajstić information content (AvgIpc) is 2.83. The summed E-state index contributed by atoms with van der Waals surface area (Å²) in [6, 6.07) is 6.66. The number of nitrogens with two attached hydrogens (primary N) is 1. The molecule has 0 saturated carbocycles. The number of hydrogen-bond donors (Lipinski definition) is 1. The molecule has 17 heavy (non-hydrogen) atoms. The fourth-order valence-corrected chi connectivity index (χ4v) is 2.29. The lowest BCUT2D eigenvalue weighted by molar-refractivity contribution is 0.116. The van der Waals surface area contributed by atoms with Gasteiger partial charge in [-0.25, -0.2) is 8.78 Å². The van der Waals surface area contributed by atoms with Crippen LogP contribution in [-0.2, 0) is 6.42 Å².